The third kappa shape index (κ3) is 2.88. The third-order valence-electron chi connectivity index (χ3n) is 1.96. The van der Waals surface area contributed by atoms with Crippen molar-refractivity contribution >= 4 is 34.2 Å². The summed E-state index contributed by atoms with van der Waals surface area (Å²) >= 11 is 2.08. The van der Waals surface area contributed by atoms with Gasteiger partial charge >= 0.3 is 0 Å². The quantitative estimate of drug-likeness (QED) is 0.854. The molecule has 0 aliphatic carbocycles. The number of nitriles is 1. The molecule has 0 saturated heterocycles. The first-order chi connectivity index (χ1) is 8.19. The summed E-state index contributed by atoms with van der Waals surface area (Å²) in [4.78, 5) is 7.99. The van der Waals surface area contributed by atoms with Crippen LogP contribution in [0.5, 0.6) is 0 Å². The van der Waals surface area contributed by atoms with Crippen molar-refractivity contribution in [1.82, 2.24) is 9.97 Å². The van der Waals surface area contributed by atoms with E-state index in [0.29, 0.717) is 5.95 Å². The van der Waals surface area contributed by atoms with E-state index >= 15 is 0 Å². The average Bonchev–Trinajstić information content (AvgIpc) is 2.34. The largest absolute Gasteiger partial charge is 0.322 e. The van der Waals surface area contributed by atoms with Crippen molar-refractivity contribution < 1.29 is 4.39 Å². The summed E-state index contributed by atoms with van der Waals surface area (Å²) < 4.78 is 14.4. The number of nitrogens with zero attached hydrogens (tertiary/aromatic N) is 3. The Morgan fingerprint density at radius 2 is 2.00 bits per heavy atom. The Labute approximate surface area is 111 Å². The third-order valence-corrected chi connectivity index (χ3v) is 2.52. The fourth-order valence-corrected chi connectivity index (χ4v) is 1.46. The van der Waals surface area contributed by atoms with E-state index in [-0.39, 0.29) is 11.3 Å². The van der Waals surface area contributed by atoms with Gasteiger partial charge in [-0.05, 0) is 40.8 Å². The van der Waals surface area contributed by atoms with Crippen LogP contribution < -0.4 is 5.32 Å². The van der Waals surface area contributed by atoms with E-state index in [1.54, 1.807) is 12.4 Å². The van der Waals surface area contributed by atoms with Crippen molar-refractivity contribution in [2.24, 2.45) is 0 Å². The van der Waals surface area contributed by atoms with Gasteiger partial charge in [0.1, 0.15) is 5.82 Å². The molecule has 6 heteroatoms. The first-order valence-corrected chi connectivity index (χ1v) is 5.71. The SMILES string of the molecule is N#Cc1ccc(Nc2ncc(I)cn2)c(F)c1. The van der Waals surface area contributed by atoms with Crippen molar-refractivity contribution in [3.05, 3.63) is 45.5 Å². The predicted octanol–water partition coefficient (Wildman–Crippen LogP) is 2.84. The van der Waals surface area contributed by atoms with E-state index in [9.17, 15) is 4.39 Å². The molecule has 0 spiro atoms. The summed E-state index contributed by atoms with van der Waals surface area (Å²) in [6.07, 6.45) is 3.24. The summed E-state index contributed by atoms with van der Waals surface area (Å²) in [5.41, 5.74) is 0.516. The number of aromatic nitrogens is 2. The zero-order valence-electron chi connectivity index (χ0n) is 8.48. The van der Waals surface area contributed by atoms with Crippen molar-refractivity contribution in [3.8, 4) is 6.07 Å². The van der Waals surface area contributed by atoms with Crippen LogP contribution in [0.3, 0.4) is 0 Å². The molecule has 0 aliphatic heterocycles. The van der Waals surface area contributed by atoms with Crippen molar-refractivity contribution in [1.29, 1.82) is 5.26 Å². The van der Waals surface area contributed by atoms with Crippen molar-refractivity contribution in [3.63, 3.8) is 0 Å². The minimum atomic E-state index is -0.508. The number of nitrogens with one attached hydrogen (secondary N) is 1. The van der Waals surface area contributed by atoms with Crippen LogP contribution in [0.2, 0.25) is 0 Å². The minimum absolute atomic E-state index is 0.241. The number of hydrogen-bond acceptors (Lipinski definition) is 4. The van der Waals surface area contributed by atoms with Gasteiger partial charge in [-0.2, -0.15) is 5.26 Å². The van der Waals surface area contributed by atoms with Crippen LogP contribution in [0.1, 0.15) is 5.56 Å². The smallest absolute Gasteiger partial charge is 0.227 e. The number of rotatable bonds is 2. The standard InChI is InChI=1S/C11H6FIN4/c12-9-3-7(4-14)1-2-10(9)17-11-15-5-8(13)6-16-11/h1-3,5-6H,(H,15,16,17). The molecule has 2 rings (SSSR count). The molecule has 1 aromatic heterocycles. The highest BCUT2D eigenvalue weighted by atomic mass is 127. The topological polar surface area (TPSA) is 61.6 Å². The molecular formula is C11H6FIN4. The van der Waals surface area contributed by atoms with Gasteiger partial charge in [0, 0.05) is 16.0 Å². The second kappa shape index (κ2) is 5.05. The molecule has 0 unspecified atom stereocenters. The Hall–Kier alpha value is -1.75. The van der Waals surface area contributed by atoms with Gasteiger partial charge in [-0.1, -0.05) is 0 Å². The summed E-state index contributed by atoms with van der Waals surface area (Å²) in [7, 11) is 0. The fraction of sp³-hybridized carbons (Fsp3) is 0. The Morgan fingerprint density at radius 3 is 2.59 bits per heavy atom. The van der Waals surface area contributed by atoms with Crippen LogP contribution in [0, 0.1) is 20.7 Å². The van der Waals surface area contributed by atoms with Gasteiger partial charge in [-0.3, -0.25) is 0 Å². The van der Waals surface area contributed by atoms with Gasteiger partial charge in [0.25, 0.3) is 0 Å². The van der Waals surface area contributed by atoms with Gasteiger partial charge < -0.3 is 5.32 Å². The number of benzene rings is 1. The maximum atomic E-state index is 13.5. The van der Waals surface area contributed by atoms with Gasteiger partial charge in [-0.25, -0.2) is 14.4 Å². The highest BCUT2D eigenvalue weighted by molar-refractivity contribution is 14.1. The second-order valence-electron chi connectivity index (χ2n) is 3.16. The van der Waals surface area contributed by atoms with E-state index in [1.807, 2.05) is 6.07 Å². The summed E-state index contributed by atoms with van der Waals surface area (Å²) in [6.45, 7) is 0. The zero-order chi connectivity index (χ0) is 12.3. The molecule has 0 amide bonds. The maximum absolute atomic E-state index is 13.5. The van der Waals surface area contributed by atoms with Crippen LogP contribution in [-0.2, 0) is 0 Å². The Kier molecular flexibility index (Phi) is 3.49. The first-order valence-electron chi connectivity index (χ1n) is 4.63. The Bertz CT molecular complexity index is 577. The molecule has 84 valence electrons. The van der Waals surface area contributed by atoms with E-state index in [1.165, 1.54) is 12.1 Å². The lowest BCUT2D eigenvalue weighted by Gasteiger charge is -2.05. The summed E-state index contributed by atoms with van der Waals surface area (Å²) in [5, 5.41) is 11.4. The molecule has 0 atom stereocenters. The summed E-state index contributed by atoms with van der Waals surface area (Å²) in [6, 6.07) is 6.04. The predicted molar refractivity (Wildman–Crippen MR) is 69.1 cm³/mol. The molecule has 0 bridgehead atoms. The molecule has 1 aromatic carbocycles. The number of hydrogen-bond donors (Lipinski definition) is 1. The van der Waals surface area contributed by atoms with E-state index in [4.69, 9.17) is 5.26 Å². The van der Waals surface area contributed by atoms with Gasteiger partial charge in [0.2, 0.25) is 5.95 Å². The molecule has 4 nitrogen and oxygen atoms in total. The normalized spacial score (nSPS) is 9.71. The van der Waals surface area contributed by atoms with E-state index in [0.717, 1.165) is 9.64 Å². The fourth-order valence-electron chi connectivity index (χ4n) is 1.18. The highest BCUT2D eigenvalue weighted by Gasteiger charge is 2.05. The second-order valence-corrected chi connectivity index (χ2v) is 4.40. The minimum Gasteiger partial charge on any atom is -0.322 e. The van der Waals surface area contributed by atoms with Gasteiger partial charge in [0.15, 0.2) is 0 Å². The molecule has 2 aromatic rings. The molecular weight excluding hydrogens is 334 g/mol. The van der Waals surface area contributed by atoms with Crippen LogP contribution in [-0.4, -0.2) is 9.97 Å². The van der Waals surface area contributed by atoms with Crippen LogP contribution >= 0.6 is 22.6 Å². The highest BCUT2D eigenvalue weighted by Crippen LogP contribution is 2.18. The van der Waals surface area contributed by atoms with Gasteiger partial charge in [-0.15, -0.1) is 0 Å². The monoisotopic (exact) mass is 340 g/mol. The molecule has 17 heavy (non-hydrogen) atoms. The zero-order valence-corrected chi connectivity index (χ0v) is 10.6. The lowest BCUT2D eigenvalue weighted by molar-refractivity contribution is 0.631. The van der Waals surface area contributed by atoms with Crippen molar-refractivity contribution in [2.75, 3.05) is 5.32 Å². The average molecular weight is 340 g/mol. The van der Waals surface area contributed by atoms with E-state index < -0.39 is 5.82 Å². The number of halogens is 2. The maximum Gasteiger partial charge on any atom is 0.227 e. The molecule has 0 radical (unpaired) electrons. The number of anilines is 2. The van der Waals surface area contributed by atoms with Crippen molar-refractivity contribution in [2.45, 2.75) is 0 Å². The van der Waals surface area contributed by atoms with Crippen LogP contribution in [0.25, 0.3) is 0 Å². The molecule has 0 aliphatic rings. The first kappa shape index (κ1) is 11.7. The molecule has 0 saturated carbocycles. The van der Waals surface area contributed by atoms with Gasteiger partial charge in [0.05, 0.1) is 17.3 Å². The van der Waals surface area contributed by atoms with Crippen LogP contribution in [0.4, 0.5) is 16.0 Å². The molecule has 0 fully saturated rings. The summed E-state index contributed by atoms with van der Waals surface area (Å²) in [5.74, 6) is -0.194. The Morgan fingerprint density at radius 1 is 1.29 bits per heavy atom. The lowest BCUT2D eigenvalue weighted by Crippen LogP contribution is -1.99. The lowest BCUT2D eigenvalue weighted by atomic mass is 10.2. The molecule has 1 N–H and O–H groups in total. The Balaban J connectivity index is 2.25. The van der Waals surface area contributed by atoms with E-state index in [2.05, 4.69) is 37.9 Å². The van der Waals surface area contributed by atoms with Crippen LogP contribution in [0.15, 0.2) is 30.6 Å². The molecule has 1 heterocycles.